The van der Waals surface area contributed by atoms with Crippen molar-refractivity contribution in [3.8, 4) is 0 Å². The number of hydrogen-bond acceptors (Lipinski definition) is 1. The Morgan fingerprint density at radius 2 is 1.46 bits per heavy atom. The molecule has 2 rings (SSSR count). The second-order valence-corrected chi connectivity index (χ2v) is 5.12. The zero-order chi connectivity index (χ0) is 9.10. The van der Waals surface area contributed by atoms with Gasteiger partial charge in [0.15, 0.2) is 0 Å². The van der Waals surface area contributed by atoms with Gasteiger partial charge in [0, 0.05) is 11.4 Å². The van der Waals surface area contributed by atoms with Gasteiger partial charge in [0.1, 0.15) is 0 Å². The molecule has 0 amide bonds. The molecule has 1 nitrogen and oxygen atoms in total. The Morgan fingerprint density at radius 1 is 0.846 bits per heavy atom. The number of piperidine rings is 1. The van der Waals surface area contributed by atoms with Gasteiger partial charge in [-0.2, -0.15) is 0 Å². The molecule has 0 atom stereocenters. The molecule has 1 heterocycles. The Labute approximate surface area is 86.4 Å². The summed E-state index contributed by atoms with van der Waals surface area (Å²) in [6, 6.07) is 0.901. The molecule has 0 aromatic heterocycles. The molecule has 2 aliphatic rings. The van der Waals surface area contributed by atoms with Crippen molar-refractivity contribution in [2.24, 2.45) is 0 Å². The average Bonchev–Trinajstić information content (AvgIpc) is 2.20. The number of alkyl halides is 1. The molecule has 0 aromatic carbocycles. The first kappa shape index (κ1) is 9.79. The van der Waals surface area contributed by atoms with E-state index in [0.29, 0.717) is 5.38 Å². The highest BCUT2D eigenvalue weighted by Crippen LogP contribution is 2.26. The maximum atomic E-state index is 6.09. The topological polar surface area (TPSA) is 3.24 Å². The first-order valence-corrected chi connectivity index (χ1v) is 6.18. The molecule has 0 aromatic rings. The van der Waals surface area contributed by atoms with Gasteiger partial charge >= 0.3 is 0 Å². The molecule has 2 heteroatoms. The summed E-state index contributed by atoms with van der Waals surface area (Å²) in [6.45, 7) is 2.50. The normalized spacial score (nSPS) is 29.3. The second kappa shape index (κ2) is 4.65. The predicted octanol–water partition coefficient (Wildman–Crippen LogP) is 3.02. The largest absolute Gasteiger partial charge is 0.300 e. The highest BCUT2D eigenvalue weighted by atomic mass is 35.5. The van der Waals surface area contributed by atoms with Crippen molar-refractivity contribution in [2.75, 3.05) is 13.1 Å². The molecule has 1 saturated heterocycles. The minimum atomic E-state index is 0.458. The van der Waals surface area contributed by atoms with E-state index < -0.39 is 0 Å². The number of halogens is 1. The monoisotopic (exact) mass is 201 g/mol. The summed E-state index contributed by atoms with van der Waals surface area (Å²) in [4.78, 5) is 2.68. The molecular formula is C11H20ClN. The van der Waals surface area contributed by atoms with Gasteiger partial charge in [0.25, 0.3) is 0 Å². The van der Waals surface area contributed by atoms with Gasteiger partial charge in [-0.1, -0.05) is 19.3 Å². The smallest absolute Gasteiger partial charge is 0.0360 e. The van der Waals surface area contributed by atoms with Crippen molar-refractivity contribution in [3.05, 3.63) is 0 Å². The van der Waals surface area contributed by atoms with Crippen LogP contribution < -0.4 is 0 Å². The van der Waals surface area contributed by atoms with Gasteiger partial charge in [0.2, 0.25) is 0 Å². The van der Waals surface area contributed by atoms with Crippen LogP contribution in [-0.4, -0.2) is 29.4 Å². The van der Waals surface area contributed by atoms with Crippen LogP contribution in [0.15, 0.2) is 0 Å². The third kappa shape index (κ3) is 2.60. The fraction of sp³-hybridized carbons (Fsp3) is 1.00. The van der Waals surface area contributed by atoms with Gasteiger partial charge in [-0.3, -0.25) is 0 Å². The first-order valence-electron chi connectivity index (χ1n) is 5.74. The van der Waals surface area contributed by atoms with Crippen LogP contribution in [0.5, 0.6) is 0 Å². The van der Waals surface area contributed by atoms with E-state index in [1.807, 2.05) is 0 Å². The van der Waals surface area contributed by atoms with Crippen molar-refractivity contribution >= 4 is 11.6 Å². The van der Waals surface area contributed by atoms with Crippen LogP contribution in [0.2, 0.25) is 0 Å². The van der Waals surface area contributed by atoms with E-state index in [9.17, 15) is 0 Å². The van der Waals surface area contributed by atoms with Crippen LogP contribution in [0.3, 0.4) is 0 Å². The summed E-state index contributed by atoms with van der Waals surface area (Å²) in [5.74, 6) is 0. The van der Waals surface area contributed by atoms with E-state index in [0.717, 1.165) is 6.04 Å². The molecule has 0 radical (unpaired) electrons. The van der Waals surface area contributed by atoms with Gasteiger partial charge in [-0.25, -0.2) is 0 Å². The predicted molar refractivity (Wildman–Crippen MR) is 57.3 cm³/mol. The summed E-state index contributed by atoms with van der Waals surface area (Å²) in [5.41, 5.74) is 0. The lowest BCUT2D eigenvalue weighted by Crippen LogP contribution is -2.42. The van der Waals surface area contributed by atoms with Crippen molar-refractivity contribution in [3.63, 3.8) is 0 Å². The number of likely N-dealkylation sites (tertiary alicyclic amines) is 1. The van der Waals surface area contributed by atoms with Gasteiger partial charge in [0.05, 0.1) is 0 Å². The van der Waals surface area contributed by atoms with Crippen LogP contribution in [0.1, 0.15) is 44.9 Å². The van der Waals surface area contributed by atoms with Gasteiger partial charge in [-0.15, -0.1) is 11.6 Å². The molecule has 0 unspecified atom stereocenters. The average molecular weight is 202 g/mol. The van der Waals surface area contributed by atoms with Gasteiger partial charge < -0.3 is 4.90 Å². The third-order valence-electron chi connectivity index (χ3n) is 3.55. The molecular weight excluding hydrogens is 182 g/mol. The van der Waals surface area contributed by atoms with E-state index in [1.165, 1.54) is 58.0 Å². The highest BCUT2D eigenvalue weighted by Gasteiger charge is 2.24. The fourth-order valence-corrected chi connectivity index (χ4v) is 2.87. The van der Waals surface area contributed by atoms with Crippen molar-refractivity contribution < 1.29 is 0 Å². The Hall–Kier alpha value is 0.250. The maximum Gasteiger partial charge on any atom is 0.0360 e. The van der Waals surface area contributed by atoms with Crippen LogP contribution >= 0.6 is 11.6 Å². The van der Waals surface area contributed by atoms with E-state index in [-0.39, 0.29) is 0 Å². The van der Waals surface area contributed by atoms with Gasteiger partial charge in [-0.05, 0) is 38.8 Å². The lowest BCUT2D eigenvalue weighted by Gasteiger charge is -2.38. The van der Waals surface area contributed by atoms with E-state index in [2.05, 4.69) is 4.90 Å². The second-order valence-electron chi connectivity index (χ2n) is 4.50. The van der Waals surface area contributed by atoms with Crippen LogP contribution in [0.4, 0.5) is 0 Å². The number of hydrogen-bond donors (Lipinski definition) is 0. The van der Waals surface area contributed by atoms with E-state index >= 15 is 0 Å². The molecule has 1 saturated carbocycles. The molecule has 0 N–H and O–H groups in total. The van der Waals surface area contributed by atoms with E-state index in [1.54, 1.807) is 0 Å². The van der Waals surface area contributed by atoms with Crippen LogP contribution in [-0.2, 0) is 0 Å². The molecule has 2 fully saturated rings. The lowest BCUT2D eigenvalue weighted by atomic mass is 9.93. The molecule has 0 bridgehead atoms. The quantitative estimate of drug-likeness (QED) is 0.590. The summed E-state index contributed by atoms with van der Waals surface area (Å²) >= 11 is 6.09. The fourth-order valence-electron chi connectivity index (χ4n) is 2.68. The van der Waals surface area contributed by atoms with Crippen LogP contribution in [0, 0.1) is 0 Å². The minimum absolute atomic E-state index is 0.458. The SMILES string of the molecule is ClC1CCN(C2CCCCC2)CC1. The standard InChI is InChI=1S/C11H20ClN/c12-10-6-8-13(9-7-10)11-4-2-1-3-5-11/h10-11H,1-9H2. The van der Waals surface area contributed by atoms with Crippen molar-refractivity contribution in [1.82, 2.24) is 4.90 Å². The zero-order valence-corrected chi connectivity index (χ0v) is 9.10. The minimum Gasteiger partial charge on any atom is -0.300 e. The Balaban J connectivity index is 1.79. The summed E-state index contributed by atoms with van der Waals surface area (Å²) < 4.78 is 0. The maximum absolute atomic E-state index is 6.09. The zero-order valence-electron chi connectivity index (χ0n) is 8.34. The molecule has 13 heavy (non-hydrogen) atoms. The Kier molecular flexibility index (Phi) is 3.51. The molecule has 76 valence electrons. The molecule has 1 aliphatic heterocycles. The number of nitrogens with zero attached hydrogens (tertiary/aromatic N) is 1. The van der Waals surface area contributed by atoms with Crippen molar-refractivity contribution in [2.45, 2.75) is 56.4 Å². The Morgan fingerprint density at radius 3 is 2.08 bits per heavy atom. The highest BCUT2D eigenvalue weighted by molar-refractivity contribution is 6.20. The van der Waals surface area contributed by atoms with Crippen molar-refractivity contribution in [1.29, 1.82) is 0 Å². The summed E-state index contributed by atoms with van der Waals surface area (Å²) in [5, 5.41) is 0.458. The first-order chi connectivity index (χ1) is 6.36. The Bertz CT molecular complexity index is 146. The summed E-state index contributed by atoms with van der Waals surface area (Å²) in [7, 11) is 0. The molecule has 0 spiro atoms. The molecule has 1 aliphatic carbocycles. The summed E-state index contributed by atoms with van der Waals surface area (Å²) in [6.07, 6.45) is 9.65. The third-order valence-corrected chi connectivity index (χ3v) is 3.99. The van der Waals surface area contributed by atoms with E-state index in [4.69, 9.17) is 11.6 Å². The van der Waals surface area contributed by atoms with Crippen LogP contribution in [0.25, 0.3) is 0 Å². The lowest BCUT2D eigenvalue weighted by molar-refractivity contribution is 0.132. The number of rotatable bonds is 1.